The van der Waals surface area contributed by atoms with Gasteiger partial charge in [0.25, 0.3) is 6.01 Å². The van der Waals surface area contributed by atoms with Crippen LogP contribution < -0.4 is 11.1 Å². The standard InChI is InChI=1S/C15H17N3O/c16-9-2-1-3-10-13(9)17-15(19-10)18-14-11-7-4-5-8(6-7)12(11)14/h1-3,7-8,11-12,14H,4-6,16H2,(H,17,18). The third-order valence-electron chi connectivity index (χ3n) is 5.48. The molecule has 1 heterocycles. The number of anilines is 2. The van der Waals surface area contributed by atoms with E-state index in [9.17, 15) is 0 Å². The summed E-state index contributed by atoms with van der Waals surface area (Å²) in [6.45, 7) is 0. The molecule has 1 aromatic carbocycles. The molecule has 19 heavy (non-hydrogen) atoms. The molecule has 3 aliphatic rings. The molecular weight excluding hydrogens is 238 g/mol. The molecule has 4 atom stereocenters. The predicted molar refractivity (Wildman–Crippen MR) is 73.6 cm³/mol. The first-order valence-corrected chi connectivity index (χ1v) is 7.23. The molecule has 98 valence electrons. The number of aromatic nitrogens is 1. The van der Waals surface area contributed by atoms with Crippen molar-refractivity contribution in [1.82, 2.24) is 4.98 Å². The van der Waals surface area contributed by atoms with E-state index >= 15 is 0 Å². The number of nitrogens with two attached hydrogens (primary N) is 1. The second kappa shape index (κ2) is 3.24. The van der Waals surface area contributed by atoms with E-state index in [4.69, 9.17) is 10.2 Å². The first-order chi connectivity index (χ1) is 9.31. The minimum atomic E-state index is 0.598. The van der Waals surface area contributed by atoms with E-state index in [0.29, 0.717) is 17.7 Å². The van der Waals surface area contributed by atoms with Crippen LogP contribution in [0.2, 0.25) is 0 Å². The second-order valence-corrected chi connectivity index (χ2v) is 6.37. The molecule has 5 rings (SSSR count). The summed E-state index contributed by atoms with van der Waals surface area (Å²) >= 11 is 0. The summed E-state index contributed by atoms with van der Waals surface area (Å²) in [6.07, 6.45) is 4.34. The van der Waals surface area contributed by atoms with Gasteiger partial charge in [-0.15, -0.1) is 0 Å². The molecular formula is C15H17N3O. The maximum atomic E-state index is 5.91. The van der Waals surface area contributed by atoms with E-state index in [1.807, 2.05) is 18.2 Å². The van der Waals surface area contributed by atoms with Gasteiger partial charge in [0.15, 0.2) is 5.58 Å². The van der Waals surface area contributed by atoms with E-state index in [2.05, 4.69) is 10.3 Å². The van der Waals surface area contributed by atoms with Crippen LogP contribution in [0, 0.1) is 23.7 Å². The lowest BCUT2D eigenvalue weighted by molar-refractivity contribution is 0.456. The normalized spacial score (nSPS) is 38.6. The lowest BCUT2D eigenvalue weighted by Gasteiger charge is -2.08. The Bertz CT molecular complexity index is 648. The van der Waals surface area contributed by atoms with Gasteiger partial charge in [0, 0.05) is 6.04 Å². The third kappa shape index (κ3) is 1.26. The molecule has 0 saturated heterocycles. The molecule has 0 radical (unpaired) electrons. The van der Waals surface area contributed by atoms with E-state index in [1.165, 1.54) is 19.3 Å². The van der Waals surface area contributed by atoms with Crippen LogP contribution in [0.15, 0.2) is 22.6 Å². The van der Waals surface area contributed by atoms with Gasteiger partial charge in [-0.1, -0.05) is 6.07 Å². The van der Waals surface area contributed by atoms with Crippen molar-refractivity contribution in [1.29, 1.82) is 0 Å². The van der Waals surface area contributed by atoms with Crippen molar-refractivity contribution in [3.05, 3.63) is 18.2 Å². The van der Waals surface area contributed by atoms with E-state index < -0.39 is 0 Å². The fraction of sp³-hybridized carbons (Fsp3) is 0.533. The monoisotopic (exact) mass is 255 g/mol. The smallest absolute Gasteiger partial charge is 0.296 e. The van der Waals surface area contributed by atoms with Crippen LogP contribution in [0.1, 0.15) is 19.3 Å². The lowest BCUT2D eigenvalue weighted by atomic mass is 10.0. The van der Waals surface area contributed by atoms with Gasteiger partial charge >= 0.3 is 0 Å². The second-order valence-electron chi connectivity index (χ2n) is 6.37. The van der Waals surface area contributed by atoms with Gasteiger partial charge in [-0.05, 0) is 55.1 Å². The molecule has 0 aliphatic heterocycles. The van der Waals surface area contributed by atoms with Gasteiger partial charge in [-0.3, -0.25) is 0 Å². The Hall–Kier alpha value is -1.71. The zero-order valence-electron chi connectivity index (χ0n) is 10.7. The van der Waals surface area contributed by atoms with Crippen LogP contribution in [-0.4, -0.2) is 11.0 Å². The molecule has 3 aliphatic carbocycles. The zero-order chi connectivity index (χ0) is 12.6. The molecule has 4 nitrogen and oxygen atoms in total. The summed E-state index contributed by atoms with van der Waals surface area (Å²) in [7, 11) is 0. The number of hydrogen-bond acceptors (Lipinski definition) is 4. The Morgan fingerprint density at radius 2 is 2.00 bits per heavy atom. The molecule has 4 unspecified atom stereocenters. The number of nitrogens with one attached hydrogen (secondary N) is 1. The first kappa shape index (κ1) is 10.1. The molecule has 0 amide bonds. The molecule has 2 aromatic rings. The Labute approximate surface area is 111 Å². The van der Waals surface area contributed by atoms with Crippen molar-refractivity contribution >= 4 is 22.8 Å². The number of fused-ring (bicyclic) bond motifs is 6. The van der Waals surface area contributed by atoms with Gasteiger partial charge in [-0.25, -0.2) is 0 Å². The van der Waals surface area contributed by atoms with Crippen molar-refractivity contribution in [3.63, 3.8) is 0 Å². The summed E-state index contributed by atoms with van der Waals surface area (Å²) in [4.78, 5) is 4.49. The minimum Gasteiger partial charge on any atom is -0.423 e. The van der Waals surface area contributed by atoms with Gasteiger partial charge in [0.2, 0.25) is 0 Å². The summed E-state index contributed by atoms with van der Waals surface area (Å²) in [5, 5.41) is 3.50. The summed E-state index contributed by atoms with van der Waals surface area (Å²) in [5.74, 6) is 3.68. The summed E-state index contributed by atoms with van der Waals surface area (Å²) < 4.78 is 5.75. The molecule has 3 N–H and O–H groups in total. The highest BCUT2D eigenvalue weighted by molar-refractivity contribution is 5.86. The van der Waals surface area contributed by atoms with Crippen LogP contribution in [0.4, 0.5) is 11.7 Å². The quantitative estimate of drug-likeness (QED) is 0.810. The SMILES string of the molecule is Nc1cccc2oc(NC3C4C5CCC(C5)C34)nc12. The van der Waals surface area contributed by atoms with Crippen LogP contribution in [0.25, 0.3) is 11.1 Å². The van der Waals surface area contributed by atoms with Crippen LogP contribution in [0.5, 0.6) is 0 Å². The lowest BCUT2D eigenvalue weighted by Crippen LogP contribution is -2.12. The minimum absolute atomic E-state index is 0.598. The van der Waals surface area contributed by atoms with Gasteiger partial charge in [0.1, 0.15) is 5.52 Å². The van der Waals surface area contributed by atoms with Crippen LogP contribution >= 0.6 is 0 Å². The number of nitrogens with zero attached hydrogens (tertiary/aromatic N) is 1. The number of benzene rings is 1. The van der Waals surface area contributed by atoms with Crippen LogP contribution in [0.3, 0.4) is 0 Å². The Morgan fingerprint density at radius 1 is 1.21 bits per heavy atom. The summed E-state index contributed by atoms with van der Waals surface area (Å²) in [6, 6.07) is 6.92. The number of nitrogen functional groups attached to an aromatic ring is 1. The van der Waals surface area contributed by atoms with Crippen molar-refractivity contribution in [2.24, 2.45) is 23.7 Å². The van der Waals surface area contributed by atoms with Crippen molar-refractivity contribution in [2.75, 3.05) is 11.1 Å². The first-order valence-electron chi connectivity index (χ1n) is 7.23. The highest BCUT2D eigenvalue weighted by atomic mass is 16.4. The van der Waals surface area contributed by atoms with Crippen molar-refractivity contribution in [3.8, 4) is 0 Å². The van der Waals surface area contributed by atoms with Gasteiger partial charge < -0.3 is 15.5 Å². The molecule has 3 fully saturated rings. The largest absolute Gasteiger partial charge is 0.423 e. The highest BCUT2D eigenvalue weighted by Crippen LogP contribution is 2.66. The maximum Gasteiger partial charge on any atom is 0.296 e. The van der Waals surface area contributed by atoms with Gasteiger partial charge in [0.05, 0.1) is 5.69 Å². The average molecular weight is 255 g/mol. The fourth-order valence-electron chi connectivity index (χ4n) is 4.69. The third-order valence-corrected chi connectivity index (χ3v) is 5.48. The predicted octanol–water partition coefficient (Wildman–Crippen LogP) is 2.87. The Morgan fingerprint density at radius 3 is 2.74 bits per heavy atom. The maximum absolute atomic E-state index is 5.91. The van der Waals surface area contributed by atoms with E-state index in [-0.39, 0.29) is 0 Å². The number of para-hydroxylation sites is 1. The number of hydrogen-bond donors (Lipinski definition) is 2. The summed E-state index contributed by atoms with van der Waals surface area (Å²) in [5.41, 5.74) is 8.15. The highest BCUT2D eigenvalue weighted by Gasteiger charge is 2.65. The topological polar surface area (TPSA) is 64.1 Å². The van der Waals surface area contributed by atoms with E-state index in [1.54, 1.807) is 0 Å². The molecule has 1 aromatic heterocycles. The van der Waals surface area contributed by atoms with E-state index in [0.717, 1.165) is 34.8 Å². The van der Waals surface area contributed by atoms with Gasteiger partial charge in [-0.2, -0.15) is 4.98 Å². The zero-order valence-corrected chi connectivity index (χ0v) is 10.7. The Kier molecular flexibility index (Phi) is 1.73. The number of oxazole rings is 1. The fourth-order valence-corrected chi connectivity index (χ4v) is 4.69. The molecule has 4 heteroatoms. The van der Waals surface area contributed by atoms with Crippen molar-refractivity contribution in [2.45, 2.75) is 25.3 Å². The molecule has 0 spiro atoms. The average Bonchev–Trinajstić information content (AvgIpc) is 2.81. The Balaban J connectivity index is 1.43. The number of rotatable bonds is 2. The van der Waals surface area contributed by atoms with Crippen molar-refractivity contribution < 1.29 is 4.42 Å². The van der Waals surface area contributed by atoms with Crippen LogP contribution in [-0.2, 0) is 0 Å². The molecule has 2 bridgehead atoms. The molecule has 3 saturated carbocycles.